The molecule has 104 valence electrons. The fourth-order valence-electron chi connectivity index (χ4n) is 2.04. The van der Waals surface area contributed by atoms with Crippen LogP contribution in [0.4, 0.5) is 14.5 Å². The molecule has 1 heterocycles. The molecule has 1 aliphatic heterocycles. The number of thioether (sulfide) groups is 1. The number of anilines is 1. The number of benzene rings is 1. The van der Waals surface area contributed by atoms with Gasteiger partial charge in [-0.15, -0.1) is 0 Å². The van der Waals surface area contributed by atoms with Crippen molar-refractivity contribution in [1.82, 2.24) is 5.32 Å². The zero-order valence-corrected chi connectivity index (χ0v) is 11.2. The van der Waals surface area contributed by atoms with Crippen molar-refractivity contribution in [3.05, 3.63) is 24.3 Å². The van der Waals surface area contributed by atoms with Gasteiger partial charge in [-0.25, -0.2) is 0 Å². The fourth-order valence-corrected chi connectivity index (χ4v) is 2.54. The average Bonchev–Trinajstić information content (AvgIpc) is 2.41. The van der Waals surface area contributed by atoms with Gasteiger partial charge in [-0.05, 0) is 43.7 Å². The minimum Gasteiger partial charge on any atom is -0.326 e. The summed E-state index contributed by atoms with van der Waals surface area (Å²) in [5.41, 5.74) is 0.647. The highest BCUT2D eigenvalue weighted by Gasteiger charge is 2.20. The largest absolute Gasteiger partial charge is 0.326 e. The molecule has 1 aromatic rings. The highest BCUT2D eigenvalue weighted by molar-refractivity contribution is 7.99. The number of rotatable bonds is 4. The number of piperidine rings is 1. The summed E-state index contributed by atoms with van der Waals surface area (Å²) in [5.74, 6) is -2.45. The first-order valence-electron chi connectivity index (χ1n) is 6.21. The molecule has 0 radical (unpaired) electrons. The molecule has 0 spiro atoms. The van der Waals surface area contributed by atoms with Gasteiger partial charge in [-0.1, -0.05) is 11.8 Å². The van der Waals surface area contributed by atoms with E-state index in [-0.39, 0.29) is 11.8 Å². The zero-order chi connectivity index (χ0) is 13.7. The van der Waals surface area contributed by atoms with Crippen molar-refractivity contribution in [2.24, 2.45) is 5.92 Å². The van der Waals surface area contributed by atoms with Crippen LogP contribution >= 0.6 is 11.8 Å². The minimum atomic E-state index is -2.42. The Morgan fingerprint density at radius 2 is 2.11 bits per heavy atom. The molecule has 3 nitrogen and oxygen atoms in total. The number of carbonyl (C=O) groups is 1. The maximum absolute atomic E-state index is 12.2. The molecular weight excluding hydrogens is 270 g/mol. The summed E-state index contributed by atoms with van der Waals surface area (Å²) in [6.45, 7) is 1.66. The maximum Gasteiger partial charge on any atom is 0.288 e. The topological polar surface area (TPSA) is 41.1 Å². The van der Waals surface area contributed by atoms with E-state index in [2.05, 4.69) is 10.6 Å². The Kier molecular flexibility index (Phi) is 5.15. The van der Waals surface area contributed by atoms with Crippen LogP contribution in [-0.2, 0) is 4.79 Å². The Balaban J connectivity index is 1.89. The van der Waals surface area contributed by atoms with Gasteiger partial charge >= 0.3 is 0 Å². The van der Waals surface area contributed by atoms with Crippen LogP contribution < -0.4 is 10.6 Å². The Hall–Kier alpha value is -1.14. The Morgan fingerprint density at radius 3 is 2.68 bits per heavy atom. The normalized spacial score (nSPS) is 19.4. The second kappa shape index (κ2) is 6.86. The monoisotopic (exact) mass is 286 g/mol. The van der Waals surface area contributed by atoms with E-state index < -0.39 is 5.76 Å². The van der Waals surface area contributed by atoms with Crippen molar-refractivity contribution >= 4 is 23.4 Å². The van der Waals surface area contributed by atoms with Gasteiger partial charge in [0.1, 0.15) is 0 Å². The van der Waals surface area contributed by atoms with E-state index in [4.69, 9.17) is 0 Å². The predicted molar refractivity (Wildman–Crippen MR) is 72.5 cm³/mol. The van der Waals surface area contributed by atoms with E-state index in [0.29, 0.717) is 28.9 Å². The number of amides is 1. The highest BCUT2D eigenvalue weighted by atomic mass is 32.2. The third-order valence-corrected chi connectivity index (χ3v) is 3.74. The molecular formula is C13H16F2N2OS. The molecule has 0 saturated carbocycles. The fraction of sp³-hybridized carbons (Fsp3) is 0.462. The van der Waals surface area contributed by atoms with Crippen molar-refractivity contribution in [3.8, 4) is 0 Å². The zero-order valence-electron chi connectivity index (χ0n) is 10.4. The summed E-state index contributed by atoms with van der Waals surface area (Å²) in [6.07, 6.45) is 1.89. The van der Waals surface area contributed by atoms with Crippen molar-refractivity contribution in [2.75, 3.05) is 18.4 Å². The van der Waals surface area contributed by atoms with Crippen LogP contribution in [0.1, 0.15) is 12.8 Å². The number of carbonyl (C=O) groups excluding carboxylic acids is 1. The summed E-state index contributed by atoms with van der Waals surface area (Å²) < 4.78 is 24.3. The summed E-state index contributed by atoms with van der Waals surface area (Å²) in [4.78, 5) is 12.4. The maximum atomic E-state index is 12.2. The molecule has 0 unspecified atom stereocenters. The van der Waals surface area contributed by atoms with Gasteiger partial charge in [0.2, 0.25) is 5.91 Å². The van der Waals surface area contributed by atoms with E-state index in [9.17, 15) is 13.6 Å². The lowest BCUT2D eigenvalue weighted by Gasteiger charge is -2.21. The van der Waals surface area contributed by atoms with Gasteiger partial charge in [0.05, 0.1) is 5.92 Å². The van der Waals surface area contributed by atoms with E-state index in [1.165, 1.54) is 0 Å². The Bertz CT molecular complexity index is 419. The third kappa shape index (κ3) is 4.47. The van der Waals surface area contributed by atoms with Crippen LogP contribution in [0.3, 0.4) is 0 Å². The quantitative estimate of drug-likeness (QED) is 0.836. The third-order valence-electron chi connectivity index (χ3n) is 3.01. The summed E-state index contributed by atoms with van der Waals surface area (Å²) in [6, 6.07) is 6.48. The molecule has 1 fully saturated rings. The van der Waals surface area contributed by atoms with Gasteiger partial charge in [-0.2, -0.15) is 8.78 Å². The van der Waals surface area contributed by atoms with Crippen molar-refractivity contribution < 1.29 is 13.6 Å². The first kappa shape index (κ1) is 14.3. The number of alkyl halides is 2. The second-order valence-electron chi connectivity index (χ2n) is 4.44. The van der Waals surface area contributed by atoms with Gasteiger partial charge in [0.15, 0.2) is 0 Å². The first-order chi connectivity index (χ1) is 9.15. The number of hydrogen-bond donors (Lipinski definition) is 2. The minimum absolute atomic E-state index is 0.0103. The predicted octanol–water partition coefficient (Wildman–Crippen LogP) is 2.94. The van der Waals surface area contributed by atoms with Gasteiger partial charge < -0.3 is 10.6 Å². The molecule has 2 rings (SSSR count). The van der Waals surface area contributed by atoms with Crippen molar-refractivity contribution in [2.45, 2.75) is 23.5 Å². The lowest BCUT2D eigenvalue weighted by Crippen LogP contribution is -2.37. The van der Waals surface area contributed by atoms with Crippen LogP contribution in [0.5, 0.6) is 0 Å². The lowest BCUT2D eigenvalue weighted by molar-refractivity contribution is -0.120. The molecule has 2 N–H and O–H groups in total. The van der Waals surface area contributed by atoms with Gasteiger partial charge in [0, 0.05) is 17.1 Å². The molecule has 1 amide bonds. The van der Waals surface area contributed by atoms with Crippen molar-refractivity contribution in [1.29, 1.82) is 0 Å². The summed E-state index contributed by atoms with van der Waals surface area (Å²) in [5, 5.41) is 6.00. The van der Waals surface area contributed by atoms with Gasteiger partial charge in [0.25, 0.3) is 5.76 Å². The first-order valence-corrected chi connectivity index (χ1v) is 7.09. The Morgan fingerprint density at radius 1 is 1.37 bits per heavy atom. The molecule has 1 aromatic carbocycles. The van der Waals surface area contributed by atoms with E-state index in [1.807, 2.05) is 0 Å². The lowest BCUT2D eigenvalue weighted by atomic mass is 9.99. The van der Waals surface area contributed by atoms with Crippen LogP contribution in [0.25, 0.3) is 0 Å². The average molecular weight is 286 g/mol. The molecule has 0 aromatic heterocycles. The number of nitrogens with one attached hydrogen (secondary N) is 2. The molecule has 0 aliphatic carbocycles. The van der Waals surface area contributed by atoms with Crippen LogP contribution in [0, 0.1) is 5.92 Å². The van der Waals surface area contributed by atoms with Crippen LogP contribution in [-0.4, -0.2) is 24.8 Å². The standard InChI is InChI=1S/C13H16F2N2OS/c14-13(15)19-11-5-3-10(4-6-11)17-12(18)9-2-1-7-16-8-9/h3-6,9,13,16H,1-2,7-8H2,(H,17,18)/t9-/m0/s1. The van der Waals surface area contributed by atoms with Crippen LogP contribution in [0.2, 0.25) is 0 Å². The molecule has 6 heteroatoms. The SMILES string of the molecule is O=C(Nc1ccc(SC(F)F)cc1)[C@H]1CCCNC1. The summed E-state index contributed by atoms with van der Waals surface area (Å²) >= 11 is 0.498. The smallest absolute Gasteiger partial charge is 0.288 e. The molecule has 0 bridgehead atoms. The molecule has 19 heavy (non-hydrogen) atoms. The van der Waals surface area contributed by atoms with E-state index in [0.717, 1.165) is 19.4 Å². The van der Waals surface area contributed by atoms with Crippen LogP contribution in [0.15, 0.2) is 29.2 Å². The number of hydrogen-bond acceptors (Lipinski definition) is 3. The van der Waals surface area contributed by atoms with Gasteiger partial charge in [-0.3, -0.25) is 4.79 Å². The molecule has 1 atom stereocenters. The Labute approximate surface area is 115 Å². The van der Waals surface area contributed by atoms with E-state index in [1.54, 1.807) is 24.3 Å². The summed E-state index contributed by atoms with van der Waals surface area (Å²) in [7, 11) is 0. The second-order valence-corrected chi connectivity index (χ2v) is 5.50. The van der Waals surface area contributed by atoms with Crippen molar-refractivity contribution in [3.63, 3.8) is 0 Å². The van der Waals surface area contributed by atoms with E-state index >= 15 is 0 Å². The molecule has 1 saturated heterocycles. The highest BCUT2D eigenvalue weighted by Crippen LogP contribution is 2.26. The molecule has 1 aliphatic rings. The number of halogens is 2.